The van der Waals surface area contributed by atoms with Crippen molar-refractivity contribution in [1.29, 1.82) is 0 Å². The van der Waals surface area contributed by atoms with Gasteiger partial charge in [-0.05, 0) is 67.0 Å². The number of halogens is 1. The van der Waals surface area contributed by atoms with Gasteiger partial charge in [-0.2, -0.15) is 0 Å². The van der Waals surface area contributed by atoms with Gasteiger partial charge in [0.05, 0.1) is 6.61 Å². The van der Waals surface area contributed by atoms with E-state index >= 15 is 0 Å². The van der Waals surface area contributed by atoms with E-state index in [1.165, 1.54) is 12.8 Å². The van der Waals surface area contributed by atoms with Crippen LogP contribution in [0.1, 0.15) is 66.9 Å². The number of hydrogen-bond acceptors (Lipinski definition) is 6. The Bertz CT molecular complexity index is 1070. The smallest absolute Gasteiger partial charge is 0.128 e. The predicted molar refractivity (Wildman–Crippen MR) is 138 cm³/mol. The Morgan fingerprint density at radius 2 is 1.67 bits per heavy atom. The maximum absolute atomic E-state index is 10.5. The van der Waals surface area contributed by atoms with Crippen LogP contribution in [-0.2, 0) is 15.9 Å². The lowest BCUT2D eigenvalue weighted by atomic mass is 9.90. The largest absolute Gasteiger partial charge is 0.394 e. The normalized spacial score (nSPS) is 28.1. The number of benzene rings is 2. The summed E-state index contributed by atoms with van der Waals surface area (Å²) in [6, 6.07) is 13.3. The van der Waals surface area contributed by atoms with Gasteiger partial charge in [0.1, 0.15) is 36.1 Å². The van der Waals surface area contributed by atoms with E-state index in [0.29, 0.717) is 17.0 Å². The topological polar surface area (TPSA) is 99.4 Å². The summed E-state index contributed by atoms with van der Waals surface area (Å²) >= 11 is 6.47. The Hall–Kier alpha value is -1.95. The van der Waals surface area contributed by atoms with Crippen LogP contribution < -0.4 is 0 Å². The molecule has 194 valence electrons. The lowest BCUT2D eigenvalue weighted by molar-refractivity contribution is -0.231. The molecule has 0 spiro atoms. The zero-order chi connectivity index (χ0) is 25.7. The van der Waals surface area contributed by atoms with Crippen LogP contribution in [0.3, 0.4) is 0 Å². The molecule has 0 radical (unpaired) electrons. The average Bonchev–Trinajstić information content (AvgIpc) is 3.15. The van der Waals surface area contributed by atoms with Crippen LogP contribution in [0.15, 0.2) is 42.5 Å². The van der Waals surface area contributed by atoms with Gasteiger partial charge in [-0.1, -0.05) is 60.5 Å². The van der Waals surface area contributed by atoms with E-state index < -0.39 is 37.1 Å². The Balaban J connectivity index is 1.49. The van der Waals surface area contributed by atoms with Crippen LogP contribution in [-0.4, -0.2) is 64.2 Å². The number of methoxy groups -OCH3 is 1. The molecule has 2 fully saturated rings. The lowest BCUT2D eigenvalue weighted by Crippen LogP contribution is -2.55. The third-order valence-electron chi connectivity index (χ3n) is 7.38. The quantitative estimate of drug-likeness (QED) is 0.360. The molecular formula is C29H35ClO6. The second-order valence-electron chi connectivity index (χ2n) is 9.84. The highest BCUT2D eigenvalue weighted by molar-refractivity contribution is 6.31. The molecule has 1 saturated carbocycles. The first-order valence-corrected chi connectivity index (χ1v) is 13.0. The van der Waals surface area contributed by atoms with E-state index in [0.717, 1.165) is 42.4 Å². The highest BCUT2D eigenvalue weighted by atomic mass is 35.5. The average molecular weight is 515 g/mol. The van der Waals surface area contributed by atoms with Gasteiger partial charge in [-0.3, -0.25) is 0 Å². The van der Waals surface area contributed by atoms with E-state index in [2.05, 4.69) is 11.8 Å². The molecule has 5 atom stereocenters. The second kappa shape index (κ2) is 12.1. The van der Waals surface area contributed by atoms with Crippen LogP contribution in [0, 0.1) is 11.8 Å². The molecule has 4 rings (SSSR count). The fourth-order valence-electron chi connectivity index (χ4n) is 5.08. The van der Waals surface area contributed by atoms with Crippen molar-refractivity contribution in [3.8, 4) is 11.8 Å². The van der Waals surface area contributed by atoms with Crippen molar-refractivity contribution in [3.63, 3.8) is 0 Å². The van der Waals surface area contributed by atoms with E-state index in [1.807, 2.05) is 30.3 Å². The van der Waals surface area contributed by atoms with Gasteiger partial charge < -0.3 is 29.9 Å². The van der Waals surface area contributed by atoms with Crippen LogP contribution in [0.25, 0.3) is 0 Å². The third kappa shape index (κ3) is 6.12. The van der Waals surface area contributed by atoms with Crippen molar-refractivity contribution in [2.75, 3.05) is 13.7 Å². The maximum atomic E-state index is 10.5. The molecule has 0 aromatic heterocycles. The molecular weight excluding hydrogens is 480 g/mol. The highest BCUT2D eigenvalue weighted by Crippen LogP contribution is 2.34. The van der Waals surface area contributed by atoms with E-state index in [-0.39, 0.29) is 5.60 Å². The number of aliphatic hydroxyl groups is 4. The van der Waals surface area contributed by atoms with Gasteiger partial charge in [0, 0.05) is 17.7 Å². The van der Waals surface area contributed by atoms with Crippen LogP contribution in [0.4, 0.5) is 0 Å². The van der Waals surface area contributed by atoms with Gasteiger partial charge in [-0.25, -0.2) is 0 Å². The molecule has 1 heterocycles. The van der Waals surface area contributed by atoms with E-state index in [9.17, 15) is 20.4 Å². The Morgan fingerprint density at radius 1 is 0.972 bits per heavy atom. The minimum atomic E-state index is -1.43. The summed E-state index contributed by atoms with van der Waals surface area (Å²) in [6.07, 6.45) is 1.24. The zero-order valence-corrected chi connectivity index (χ0v) is 21.3. The first kappa shape index (κ1) is 27.1. The molecule has 1 aliphatic carbocycles. The van der Waals surface area contributed by atoms with Crippen LogP contribution >= 0.6 is 11.6 Å². The van der Waals surface area contributed by atoms with E-state index in [4.69, 9.17) is 21.1 Å². The molecule has 2 aliphatic rings. The van der Waals surface area contributed by atoms with Crippen molar-refractivity contribution in [1.82, 2.24) is 0 Å². The van der Waals surface area contributed by atoms with Gasteiger partial charge in [0.15, 0.2) is 0 Å². The van der Waals surface area contributed by atoms with Crippen LogP contribution in [0.2, 0.25) is 5.02 Å². The Kier molecular flexibility index (Phi) is 9.08. The van der Waals surface area contributed by atoms with Crippen molar-refractivity contribution in [2.24, 2.45) is 0 Å². The van der Waals surface area contributed by atoms with Crippen molar-refractivity contribution < 1.29 is 29.9 Å². The fraction of sp³-hybridized carbons (Fsp3) is 0.517. The summed E-state index contributed by atoms with van der Waals surface area (Å²) in [6.45, 7) is -0.470. The van der Waals surface area contributed by atoms with Gasteiger partial charge in [-0.15, -0.1) is 0 Å². The minimum Gasteiger partial charge on any atom is -0.394 e. The van der Waals surface area contributed by atoms with Crippen molar-refractivity contribution in [2.45, 2.75) is 81.1 Å². The summed E-state index contributed by atoms with van der Waals surface area (Å²) in [5.74, 6) is 6.70. The molecule has 0 bridgehead atoms. The molecule has 6 nitrogen and oxygen atoms in total. The summed E-state index contributed by atoms with van der Waals surface area (Å²) in [4.78, 5) is 0. The maximum Gasteiger partial charge on any atom is 0.128 e. The monoisotopic (exact) mass is 514 g/mol. The molecule has 7 heteroatoms. The molecule has 4 N–H and O–H groups in total. The molecule has 0 unspecified atom stereocenters. The standard InChI is InChI=1S/C29H35ClO6/c1-35-29(13-4-2-3-5-14-29)15-12-19-6-8-20(9-7-19)16-22-17-21(10-11-23(22)30)28-27(34)26(33)25(32)24(18-31)36-28/h6-11,17,24-28,31-34H,2-5,13-14,16,18H2,1H3/t24-,25-,26+,27-,28+/m1/s1. The number of hydrogen-bond donors (Lipinski definition) is 4. The van der Waals surface area contributed by atoms with Gasteiger partial charge in [0.25, 0.3) is 0 Å². The molecule has 2 aromatic rings. The predicted octanol–water partition coefficient (Wildman–Crippen LogP) is 3.54. The number of aliphatic hydroxyl groups excluding tert-OH is 4. The third-order valence-corrected chi connectivity index (χ3v) is 7.74. The first-order chi connectivity index (χ1) is 17.4. The summed E-state index contributed by atoms with van der Waals surface area (Å²) < 4.78 is 11.5. The van der Waals surface area contributed by atoms with Crippen LogP contribution in [0.5, 0.6) is 0 Å². The second-order valence-corrected chi connectivity index (χ2v) is 10.2. The Morgan fingerprint density at radius 3 is 2.31 bits per heavy atom. The van der Waals surface area contributed by atoms with Crippen molar-refractivity contribution >= 4 is 11.6 Å². The molecule has 1 aliphatic heterocycles. The summed E-state index contributed by atoms with van der Waals surface area (Å²) in [5.41, 5.74) is 3.07. The summed E-state index contributed by atoms with van der Waals surface area (Å²) in [7, 11) is 1.76. The lowest BCUT2D eigenvalue weighted by Gasteiger charge is -2.40. The SMILES string of the molecule is COC1(C#Cc2ccc(Cc3cc([C@@H]4O[C@H](CO)[C@@H](O)[C@H](O)[C@H]4O)ccc3Cl)cc2)CCCCCC1. The minimum absolute atomic E-state index is 0.354. The zero-order valence-electron chi connectivity index (χ0n) is 20.6. The van der Waals surface area contributed by atoms with Crippen molar-refractivity contribution in [3.05, 3.63) is 69.7 Å². The molecule has 0 amide bonds. The fourth-order valence-corrected chi connectivity index (χ4v) is 5.26. The first-order valence-electron chi connectivity index (χ1n) is 12.6. The molecule has 1 saturated heterocycles. The summed E-state index contributed by atoms with van der Waals surface area (Å²) in [5, 5.41) is 40.7. The highest BCUT2D eigenvalue weighted by Gasteiger charge is 2.44. The molecule has 2 aromatic carbocycles. The molecule has 36 heavy (non-hydrogen) atoms. The van der Waals surface area contributed by atoms with Gasteiger partial charge in [0.2, 0.25) is 0 Å². The Labute approximate surface area is 217 Å². The van der Waals surface area contributed by atoms with Gasteiger partial charge >= 0.3 is 0 Å². The van der Waals surface area contributed by atoms with E-state index in [1.54, 1.807) is 19.2 Å². The number of ether oxygens (including phenoxy) is 2. The number of rotatable bonds is 5.